The molecule has 0 bridgehead atoms. The molecule has 2 heterocycles. The Balaban J connectivity index is 1.73. The fourth-order valence-electron chi connectivity index (χ4n) is 3.35. The Hall–Kier alpha value is -1.52. The molecule has 2 aromatic rings. The molecular formula is C18H18BrNO2. The second kappa shape index (κ2) is 5.94. The number of benzene rings is 2. The lowest BCUT2D eigenvalue weighted by Gasteiger charge is -2.42. The van der Waals surface area contributed by atoms with E-state index in [1.807, 2.05) is 18.2 Å². The maximum absolute atomic E-state index is 6.08. The van der Waals surface area contributed by atoms with Crippen molar-refractivity contribution >= 4 is 21.6 Å². The van der Waals surface area contributed by atoms with Crippen LogP contribution in [0.5, 0.6) is 5.75 Å². The molecule has 1 N–H and O–H groups in total. The van der Waals surface area contributed by atoms with Gasteiger partial charge in [-0.15, -0.1) is 0 Å². The van der Waals surface area contributed by atoms with Crippen molar-refractivity contribution in [1.29, 1.82) is 0 Å². The van der Waals surface area contributed by atoms with E-state index in [0.29, 0.717) is 5.92 Å². The Morgan fingerprint density at radius 2 is 1.95 bits per heavy atom. The average molecular weight is 360 g/mol. The minimum absolute atomic E-state index is 0.149. The Morgan fingerprint density at radius 3 is 2.82 bits per heavy atom. The van der Waals surface area contributed by atoms with Gasteiger partial charge in [0, 0.05) is 21.6 Å². The number of hydrogen-bond acceptors (Lipinski definition) is 3. The third-order valence-corrected chi connectivity index (χ3v) is 4.88. The Labute approximate surface area is 138 Å². The average Bonchev–Trinajstić information content (AvgIpc) is 2.56. The highest BCUT2D eigenvalue weighted by Crippen LogP contribution is 2.45. The van der Waals surface area contributed by atoms with Crippen molar-refractivity contribution < 1.29 is 9.47 Å². The molecule has 0 saturated carbocycles. The number of ether oxygens (including phenoxy) is 2. The van der Waals surface area contributed by atoms with Crippen molar-refractivity contribution in [2.45, 2.75) is 25.2 Å². The quantitative estimate of drug-likeness (QED) is 0.839. The molecule has 2 aliphatic rings. The van der Waals surface area contributed by atoms with E-state index in [1.165, 1.54) is 5.56 Å². The normalized spacial score (nSPS) is 26.5. The van der Waals surface area contributed by atoms with Gasteiger partial charge in [0.25, 0.3) is 0 Å². The number of halogens is 1. The number of nitrogens with one attached hydrogen (secondary N) is 1. The van der Waals surface area contributed by atoms with Crippen LogP contribution in [0.2, 0.25) is 0 Å². The van der Waals surface area contributed by atoms with E-state index < -0.39 is 0 Å². The van der Waals surface area contributed by atoms with Gasteiger partial charge in [-0.3, -0.25) is 0 Å². The van der Waals surface area contributed by atoms with E-state index >= 15 is 0 Å². The standard InChI is InChI=1S/C18H18BrNO2/c19-12-8-9-16-15(11-12)17(20-13-5-2-1-3-6-13)14-7-4-10-21-18(14)22-16/h1-3,5-6,8-9,11,14,17-18,20H,4,7,10H2/t14?,17-,18+/m1/s1. The van der Waals surface area contributed by atoms with Crippen LogP contribution >= 0.6 is 15.9 Å². The van der Waals surface area contributed by atoms with E-state index in [4.69, 9.17) is 9.47 Å². The summed E-state index contributed by atoms with van der Waals surface area (Å²) in [5.74, 6) is 1.25. The lowest BCUT2D eigenvalue weighted by atomic mass is 9.84. The Morgan fingerprint density at radius 1 is 1.09 bits per heavy atom. The van der Waals surface area contributed by atoms with Gasteiger partial charge >= 0.3 is 0 Å². The molecule has 1 saturated heterocycles. The maximum atomic E-state index is 6.08. The zero-order chi connectivity index (χ0) is 14.9. The molecule has 0 aliphatic carbocycles. The maximum Gasteiger partial charge on any atom is 0.204 e. The molecular weight excluding hydrogens is 342 g/mol. The summed E-state index contributed by atoms with van der Waals surface area (Å²) in [5, 5.41) is 3.68. The van der Waals surface area contributed by atoms with E-state index in [-0.39, 0.29) is 12.3 Å². The lowest BCUT2D eigenvalue weighted by molar-refractivity contribution is -0.154. The van der Waals surface area contributed by atoms with E-state index in [0.717, 1.165) is 35.4 Å². The molecule has 2 aliphatic heterocycles. The third-order valence-electron chi connectivity index (χ3n) is 4.39. The number of rotatable bonds is 2. The van der Waals surface area contributed by atoms with Gasteiger partial charge in [0.1, 0.15) is 5.75 Å². The van der Waals surface area contributed by atoms with Crippen molar-refractivity contribution in [3.63, 3.8) is 0 Å². The summed E-state index contributed by atoms with van der Waals surface area (Å²) < 4.78 is 13.0. The fourth-order valence-corrected chi connectivity index (χ4v) is 3.73. The van der Waals surface area contributed by atoms with Gasteiger partial charge < -0.3 is 14.8 Å². The van der Waals surface area contributed by atoms with Gasteiger partial charge in [-0.05, 0) is 43.2 Å². The van der Waals surface area contributed by atoms with Gasteiger partial charge in [-0.1, -0.05) is 34.1 Å². The van der Waals surface area contributed by atoms with Gasteiger partial charge in [-0.25, -0.2) is 0 Å². The predicted octanol–water partition coefficient (Wildman–Crippen LogP) is 4.75. The lowest BCUT2D eigenvalue weighted by Crippen LogP contribution is -2.43. The zero-order valence-electron chi connectivity index (χ0n) is 12.2. The van der Waals surface area contributed by atoms with Crippen molar-refractivity contribution in [3.8, 4) is 5.75 Å². The van der Waals surface area contributed by atoms with Crippen molar-refractivity contribution in [1.82, 2.24) is 0 Å². The molecule has 3 atom stereocenters. The third kappa shape index (κ3) is 2.61. The molecule has 0 aromatic heterocycles. The highest BCUT2D eigenvalue weighted by molar-refractivity contribution is 9.10. The molecule has 114 valence electrons. The predicted molar refractivity (Wildman–Crippen MR) is 90.0 cm³/mol. The smallest absolute Gasteiger partial charge is 0.204 e. The van der Waals surface area contributed by atoms with Crippen LogP contribution in [0.15, 0.2) is 53.0 Å². The van der Waals surface area contributed by atoms with Crippen molar-refractivity contribution in [2.24, 2.45) is 5.92 Å². The SMILES string of the molecule is Brc1ccc2c(c1)[C@H](Nc1ccccc1)C1CCCO[C@H]1O2. The Kier molecular flexibility index (Phi) is 3.80. The van der Waals surface area contributed by atoms with E-state index in [2.05, 4.69) is 51.6 Å². The van der Waals surface area contributed by atoms with Gasteiger partial charge in [0.2, 0.25) is 6.29 Å². The highest BCUT2D eigenvalue weighted by atomic mass is 79.9. The molecule has 4 rings (SSSR count). The summed E-state index contributed by atoms with van der Waals surface area (Å²) in [6.07, 6.45) is 2.05. The van der Waals surface area contributed by atoms with Crippen LogP contribution in [0, 0.1) is 5.92 Å². The number of anilines is 1. The summed E-state index contributed by atoms with van der Waals surface area (Å²) in [5.41, 5.74) is 2.33. The number of fused-ring (bicyclic) bond motifs is 2. The second-order valence-electron chi connectivity index (χ2n) is 5.83. The summed E-state index contributed by atoms with van der Waals surface area (Å²) in [6, 6.07) is 16.7. The second-order valence-corrected chi connectivity index (χ2v) is 6.75. The molecule has 0 radical (unpaired) electrons. The van der Waals surface area contributed by atoms with Crippen LogP contribution in [0.3, 0.4) is 0 Å². The van der Waals surface area contributed by atoms with Crippen LogP contribution in [-0.2, 0) is 4.74 Å². The monoisotopic (exact) mass is 359 g/mol. The molecule has 1 fully saturated rings. The van der Waals surface area contributed by atoms with E-state index in [9.17, 15) is 0 Å². The van der Waals surface area contributed by atoms with E-state index in [1.54, 1.807) is 0 Å². The Bertz CT molecular complexity index is 661. The molecule has 0 amide bonds. The van der Waals surface area contributed by atoms with Gasteiger partial charge in [-0.2, -0.15) is 0 Å². The minimum atomic E-state index is -0.149. The summed E-state index contributed by atoms with van der Waals surface area (Å²) >= 11 is 3.58. The van der Waals surface area contributed by atoms with Crippen LogP contribution in [0.25, 0.3) is 0 Å². The fraction of sp³-hybridized carbons (Fsp3) is 0.333. The number of para-hydroxylation sites is 1. The van der Waals surface area contributed by atoms with Crippen molar-refractivity contribution in [2.75, 3.05) is 11.9 Å². The van der Waals surface area contributed by atoms with Crippen LogP contribution < -0.4 is 10.1 Å². The molecule has 1 unspecified atom stereocenters. The molecule has 22 heavy (non-hydrogen) atoms. The number of hydrogen-bond donors (Lipinski definition) is 1. The first-order valence-corrected chi connectivity index (χ1v) is 8.50. The first-order valence-electron chi connectivity index (χ1n) is 7.70. The van der Waals surface area contributed by atoms with Gasteiger partial charge in [0.05, 0.1) is 12.6 Å². The van der Waals surface area contributed by atoms with Crippen LogP contribution in [0.1, 0.15) is 24.4 Å². The minimum Gasteiger partial charge on any atom is -0.464 e. The first kappa shape index (κ1) is 14.1. The van der Waals surface area contributed by atoms with Crippen molar-refractivity contribution in [3.05, 3.63) is 58.6 Å². The molecule has 3 nitrogen and oxygen atoms in total. The van der Waals surface area contributed by atoms with Crippen LogP contribution in [-0.4, -0.2) is 12.9 Å². The zero-order valence-corrected chi connectivity index (χ0v) is 13.8. The summed E-state index contributed by atoms with van der Waals surface area (Å²) in [7, 11) is 0. The highest BCUT2D eigenvalue weighted by Gasteiger charge is 2.40. The summed E-state index contributed by atoms with van der Waals surface area (Å²) in [4.78, 5) is 0. The first-order chi connectivity index (χ1) is 10.8. The van der Waals surface area contributed by atoms with Gasteiger partial charge in [0.15, 0.2) is 0 Å². The largest absolute Gasteiger partial charge is 0.464 e. The molecule has 4 heteroatoms. The van der Waals surface area contributed by atoms with Crippen LogP contribution in [0.4, 0.5) is 5.69 Å². The topological polar surface area (TPSA) is 30.5 Å². The summed E-state index contributed by atoms with van der Waals surface area (Å²) in [6.45, 7) is 0.783. The molecule has 2 aromatic carbocycles. The molecule has 0 spiro atoms.